The molecule has 0 nitrogen and oxygen atoms in total. The molecule has 0 saturated carbocycles. The van der Waals surface area contributed by atoms with E-state index in [0.29, 0.717) is 11.3 Å². The van der Waals surface area contributed by atoms with Crippen LogP contribution < -0.4 is 0 Å². The van der Waals surface area contributed by atoms with Crippen molar-refractivity contribution in [2.24, 2.45) is 5.92 Å². The first-order valence-electron chi connectivity index (χ1n) is 3.47. The summed E-state index contributed by atoms with van der Waals surface area (Å²) in [5, 5.41) is 0.305. The summed E-state index contributed by atoms with van der Waals surface area (Å²) < 4.78 is 0. The molecule has 0 amide bonds. The Labute approximate surface area is 63.6 Å². The van der Waals surface area contributed by atoms with Crippen LogP contribution in [-0.2, 0) is 0 Å². The highest BCUT2D eigenvalue weighted by molar-refractivity contribution is 6.20. The van der Waals surface area contributed by atoms with Gasteiger partial charge in [-0.15, -0.1) is 11.6 Å². The van der Waals surface area contributed by atoms with Gasteiger partial charge in [-0.25, -0.2) is 0 Å². The maximum Gasteiger partial charge on any atom is 0.0333 e. The van der Waals surface area contributed by atoms with E-state index in [-0.39, 0.29) is 0 Å². The van der Waals surface area contributed by atoms with Crippen molar-refractivity contribution in [3.63, 3.8) is 0 Å². The number of halogens is 1. The van der Waals surface area contributed by atoms with Gasteiger partial charge in [-0.05, 0) is 25.2 Å². The van der Waals surface area contributed by atoms with Gasteiger partial charge in [0.25, 0.3) is 0 Å². The van der Waals surface area contributed by atoms with Crippen molar-refractivity contribution in [1.82, 2.24) is 0 Å². The van der Waals surface area contributed by atoms with Crippen molar-refractivity contribution in [1.29, 1.82) is 0 Å². The molecule has 9 heavy (non-hydrogen) atoms. The second-order valence-corrected chi connectivity index (χ2v) is 3.75. The summed E-state index contributed by atoms with van der Waals surface area (Å²) in [7, 11) is 0. The lowest BCUT2D eigenvalue weighted by atomic mass is 9.97. The largest absolute Gasteiger partial charge is 0.123 e. The Balaban J connectivity index is 3.38. The highest BCUT2D eigenvalue weighted by atomic mass is 35.5. The highest BCUT2D eigenvalue weighted by Gasteiger charge is 2.09. The molecule has 55 valence electrons. The van der Waals surface area contributed by atoms with Crippen LogP contribution in [-0.4, -0.2) is 5.38 Å². The van der Waals surface area contributed by atoms with Crippen LogP contribution in [0.4, 0.5) is 0 Å². The van der Waals surface area contributed by atoms with Crippen molar-refractivity contribution in [2.45, 2.75) is 39.5 Å². The van der Waals surface area contributed by atoms with E-state index in [0.717, 1.165) is 6.42 Å². The van der Waals surface area contributed by atoms with Crippen molar-refractivity contribution in [3.05, 3.63) is 5.92 Å². The summed E-state index contributed by atoms with van der Waals surface area (Å²) in [6.45, 7) is 8.53. The predicted octanol–water partition coefficient (Wildman–Crippen LogP) is 3.25. The quantitative estimate of drug-likeness (QED) is 0.538. The van der Waals surface area contributed by atoms with Crippen LogP contribution >= 0.6 is 11.6 Å². The Morgan fingerprint density at radius 1 is 1.33 bits per heavy atom. The summed E-state index contributed by atoms with van der Waals surface area (Å²) in [6.07, 6.45) is 1.16. The van der Waals surface area contributed by atoms with Crippen LogP contribution in [0.15, 0.2) is 0 Å². The highest BCUT2D eigenvalue weighted by Crippen LogP contribution is 2.19. The molecule has 0 saturated heterocycles. The van der Waals surface area contributed by atoms with Crippen molar-refractivity contribution < 1.29 is 0 Å². The van der Waals surface area contributed by atoms with Crippen LogP contribution in [0.1, 0.15) is 34.1 Å². The van der Waals surface area contributed by atoms with E-state index in [1.807, 2.05) is 0 Å². The SMILES string of the molecule is C[C](C)CC(C)C(C)Cl. The van der Waals surface area contributed by atoms with Gasteiger partial charge < -0.3 is 0 Å². The lowest BCUT2D eigenvalue weighted by molar-refractivity contribution is 0.535. The average Bonchev–Trinajstić information content (AvgIpc) is 1.63. The molecule has 0 bridgehead atoms. The number of rotatable bonds is 3. The molecular formula is C8H16Cl. The van der Waals surface area contributed by atoms with Crippen molar-refractivity contribution in [3.8, 4) is 0 Å². The van der Waals surface area contributed by atoms with E-state index in [1.165, 1.54) is 5.92 Å². The topological polar surface area (TPSA) is 0 Å². The third-order valence-electron chi connectivity index (χ3n) is 1.51. The zero-order chi connectivity index (χ0) is 7.44. The Morgan fingerprint density at radius 2 is 1.78 bits per heavy atom. The van der Waals surface area contributed by atoms with E-state index in [4.69, 9.17) is 11.6 Å². The molecular weight excluding hydrogens is 132 g/mol. The van der Waals surface area contributed by atoms with Crippen LogP contribution in [0, 0.1) is 11.8 Å². The molecule has 0 aromatic heterocycles. The molecule has 1 radical (unpaired) electrons. The van der Waals surface area contributed by atoms with Gasteiger partial charge in [0, 0.05) is 5.38 Å². The molecule has 2 unspecified atom stereocenters. The first-order valence-corrected chi connectivity index (χ1v) is 3.90. The van der Waals surface area contributed by atoms with Crippen molar-refractivity contribution in [2.75, 3.05) is 0 Å². The third-order valence-corrected chi connectivity index (χ3v) is 1.94. The number of hydrogen-bond acceptors (Lipinski definition) is 0. The molecule has 0 N–H and O–H groups in total. The fourth-order valence-electron chi connectivity index (χ4n) is 0.806. The van der Waals surface area contributed by atoms with Gasteiger partial charge in [0.15, 0.2) is 0 Å². The fraction of sp³-hybridized carbons (Fsp3) is 0.875. The summed E-state index contributed by atoms with van der Waals surface area (Å²) in [5.74, 6) is 2.09. The van der Waals surface area contributed by atoms with Gasteiger partial charge in [-0.2, -0.15) is 0 Å². The van der Waals surface area contributed by atoms with Crippen LogP contribution in [0.25, 0.3) is 0 Å². The minimum atomic E-state index is 0.305. The molecule has 0 aromatic carbocycles. The second kappa shape index (κ2) is 4.16. The molecule has 0 spiro atoms. The zero-order valence-corrected chi connectivity index (χ0v) is 7.50. The van der Waals surface area contributed by atoms with E-state index in [9.17, 15) is 0 Å². The number of alkyl halides is 1. The van der Waals surface area contributed by atoms with Gasteiger partial charge in [0.1, 0.15) is 0 Å². The minimum absolute atomic E-state index is 0.305. The molecule has 0 aliphatic heterocycles. The molecule has 0 rings (SSSR count). The molecule has 0 aliphatic carbocycles. The lowest BCUT2D eigenvalue weighted by Gasteiger charge is -2.14. The summed E-state index contributed by atoms with van der Waals surface area (Å²) in [6, 6.07) is 0. The second-order valence-electron chi connectivity index (χ2n) is 3.07. The summed E-state index contributed by atoms with van der Waals surface area (Å²) in [5.41, 5.74) is 0. The molecule has 2 atom stereocenters. The third kappa shape index (κ3) is 4.77. The monoisotopic (exact) mass is 147 g/mol. The van der Waals surface area contributed by atoms with Gasteiger partial charge in [-0.1, -0.05) is 20.8 Å². The maximum atomic E-state index is 5.86. The Hall–Kier alpha value is 0.290. The van der Waals surface area contributed by atoms with Crippen LogP contribution in [0.3, 0.4) is 0 Å². The average molecular weight is 148 g/mol. The standard InChI is InChI=1S/C8H16Cl/c1-6(2)5-7(3)8(4)9/h7-8H,5H2,1-4H3. The summed E-state index contributed by atoms with van der Waals surface area (Å²) in [4.78, 5) is 0. The van der Waals surface area contributed by atoms with Gasteiger partial charge in [-0.3, -0.25) is 0 Å². The summed E-state index contributed by atoms with van der Waals surface area (Å²) >= 11 is 5.86. The molecule has 1 heteroatoms. The fourth-order valence-corrected chi connectivity index (χ4v) is 0.895. The Morgan fingerprint density at radius 3 is 1.89 bits per heavy atom. The predicted molar refractivity (Wildman–Crippen MR) is 43.7 cm³/mol. The van der Waals surface area contributed by atoms with Crippen LogP contribution in [0.5, 0.6) is 0 Å². The number of hydrogen-bond donors (Lipinski definition) is 0. The van der Waals surface area contributed by atoms with Gasteiger partial charge in [0.05, 0.1) is 0 Å². The molecule has 0 aliphatic rings. The zero-order valence-electron chi connectivity index (χ0n) is 6.74. The van der Waals surface area contributed by atoms with E-state index >= 15 is 0 Å². The smallest absolute Gasteiger partial charge is 0.0333 e. The first kappa shape index (κ1) is 9.29. The first-order chi connectivity index (χ1) is 4.04. The van der Waals surface area contributed by atoms with Crippen molar-refractivity contribution >= 4 is 11.6 Å². The minimum Gasteiger partial charge on any atom is -0.123 e. The molecule has 0 heterocycles. The van der Waals surface area contributed by atoms with E-state index < -0.39 is 0 Å². The molecule has 0 fully saturated rings. The Bertz CT molecular complexity index is 67.0. The Kier molecular flexibility index (Phi) is 4.29. The van der Waals surface area contributed by atoms with Crippen LogP contribution in [0.2, 0.25) is 0 Å². The lowest BCUT2D eigenvalue weighted by Crippen LogP contribution is -2.08. The van der Waals surface area contributed by atoms with E-state index in [2.05, 4.69) is 27.7 Å². The van der Waals surface area contributed by atoms with Gasteiger partial charge in [0.2, 0.25) is 0 Å². The van der Waals surface area contributed by atoms with Gasteiger partial charge >= 0.3 is 0 Å². The van der Waals surface area contributed by atoms with E-state index in [1.54, 1.807) is 0 Å². The maximum absolute atomic E-state index is 5.86. The molecule has 0 aromatic rings. The normalized spacial score (nSPS) is 18.0.